The first-order chi connectivity index (χ1) is 8.65. The Hall–Kier alpha value is -0.330. The summed E-state index contributed by atoms with van der Waals surface area (Å²) in [6.07, 6.45) is 2.86. The van der Waals surface area contributed by atoms with Crippen LogP contribution in [0.4, 0.5) is 5.69 Å². The average Bonchev–Trinajstić information content (AvgIpc) is 2.35. The number of carbonyl (C=O) groups excluding carboxylic acids is 1. The second kappa shape index (κ2) is 8.07. The first-order valence-corrected chi connectivity index (χ1v) is 7.50. The summed E-state index contributed by atoms with van der Waals surface area (Å²) in [7, 11) is 0. The van der Waals surface area contributed by atoms with Crippen molar-refractivity contribution in [1.82, 2.24) is 5.32 Å². The Morgan fingerprint density at radius 1 is 1.42 bits per heavy atom. The summed E-state index contributed by atoms with van der Waals surface area (Å²) in [6, 6.07) is 6.04. The number of aryl methyl sites for hydroxylation is 1. The van der Waals surface area contributed by atoms with Gasteiger partial charge in [-0.2, -0.15) is 0 Å². The molecule has 1 saturated heterocycles. The minimum absolute atomic E-state index is 0. The summed E-state index contributed by atoms with van der Waals surface area (Å²) in [5.74, 6) is 0.678. The predicted molar refractivity (Wildman–Crippen MR) is 90.0 cm³/mol. The van der Waals surface area contributed by atoms with Crippen LogP contribution in [0.25, 0.3) is 0 Å². The minimum Gasteiger partial charge on any atom is -0.326 e. The molecule has 0 unspecified atom stereocenters. The molecule has 0 bridgehead atoms. The molecule has 0 saturated carbocycles. The SMILES string of the molecule is Cc1ccc(NC(=O)CC2CCNCC2)cc1I.Cl. The molecular weight excluding hydrogens is 375 g/mol. The number of rotatable bonds is 3. The fourth-order valence-corrected chi connectivity index (χ4v) is 2.75. The van der Waals surface area contributed by atoms with Crippen molar-refractivity contribution >= 4 is 46.6 Å². The Labute approximate surface area is 134 Å². The van der Waals surface area contributed by atoms with Crippen LogP contribution in [0.5, 0.6) is 0 Å². The topological polar surface area (TPSA) is 41.1 Å². The zero-order chi connectivity index (χ0) is 13.0. The number of amides is 1. The molecule has 0 spiro atoms. The van der Waals surface area contributed by atoms with Crippen LogP contribution < -0.4 is 10.6 Å². The molecule has 1 aliphatic rings. The highest BCUT2D eigenvalue weighted by molar-refractivity contribution is 14.1. The van der Waals surface area contributed by atoms with E-state index in [1.54, 1.807) is 0 Å². The molecule has 2 rings (SSSR count). The van der Waals surface area contributed by atoms with Crippen molar-refractivity contribution in [2.45, 2.75) is 26.2 Å². The predicted octanol–water partition coefficient (Wildman–Crippen LogP) is 3.35. The molecule has 1 fully saturated rings. The van der Waals surface area contributed by atoms with Gasteiger partial charge in [0.15, 0.2) is 0 Å². The van der Waals surface area contributed by atoms with Gasteiger partial charge in [-0.25, -0.2) is 0 Å². The molecule has 3 nitrogen and oxygen atoms in total. The summed E-state index contributed by atoms with van der Waals surface area (Å²) in [4.78, 5) is 11.9. The summed E-state index contributed by atoms with van der Waals surface area (Å²) >= 11 is 2.29. The molecule has 1 aromatic rings. The highest BCUT2D eigenvalue weighted by Crippen LogP contribution is 2.19. The van der Waals surface area contributed by atoms with E-state index in [4.69, 9.17) is 0 Å². The fourth-order valence-electron chi connectivity index (χ4n) is 2.23. The van der Waals surface area contributed by atoms with Gasteiger partial charge in [0.05, 0.1) is 0 Å². The Balaban J connectivity index is 0.00000180. The lowest BCUT2D eigenvalue weighted by Crippen LogP contribution is -2.30. The van der Waals surface area contributed by atoms with Crippen molar-refractivity contribution in [2.75, 3.05) is 18.4 Å². The zero-order valence-corrected chi connectivity index (χ0v) is 14.0. The van der Waals surface area contributed by atoms with Gasteiger partial charge in [-0.1, -0.05) is 6.07 Å². The maximum absolute atomic E-state index is 11.9. The van der Waals surface area contributed by atoms with Crippen LogP contribution in [0.2, 0.25) is 0 Å². The largest absolute Gasteiger partial charge is 0.326 e. The Morgan fingerprint density at radius 3 is 2.74 bits per heavy atom. The molecule has 0 aliphatic carbocycles. The van der Waals surface area contributed by atoms with E-state index in [1.165, 1.54) is 9.13 Å². The quantitative estimate of drug-likeness (QED) is 0.772. The minimum atomic E-state index is 0. The number of hydrogen-bond donors (Lipinski definition) is 2. The lowest BCUT2D eigenvalue weighted by Gasteiger charge is -2.21. The van der Waals surface area contributed by atoms with Crippen LogP contribution in [-0.2, 0) is 4.79 Å². The summed E-state index contributed by atoms with van der Waals surface area (Å²) in [5, 5.41) is 6.31. The fraction of sp³-hybridized carbons (Fsp3) is 0.500. The van der Waals surface area contributed by atoms with Crippen LogP contribution >= 0.6 is 35.0 Å². The second-order valence-electron chi connectivity index (χ2n) is 4.91. The van der Waals surface area contributed by atoms with Crippen LogP contribution in [-0.4, -0.2) is 19.0 Å². The Kier molecular flexibility index (Phi) is 7.10. The first kappa shape index (κ1) is 16.7. The lowest BCUT2D eigenvalue weighted by molar-refractivity contribution is -0.117. The van der Waals surface area contributed by atoms with E-state index in [9.17, 15) is 4.79 Å². The average molecular weight is 395 g/mol. The van der Waals surface area contributed by atoms with E-state index in [1.807, 2.05) is 18.2 Å². The van der Waals surface area contributed by atoms with Crippen LogP contribution in [0.15, 0.2) is 18.2 Å². The monoisotopic (exact) mass is 394 g/mol. The van der Waals surface area contributed by atoms with Crippen molar-refractivity contribution in [2.24, 2.45) is 5.92 Å². The second-order valence-corrected chi connectivity index (χ2v) is 6.07. The van der Waals surface area contributed by atoms with Gasteiger partial charge in [-0.15, -0.1) is 12.4 Å². The Bertz CT molecular complexity index is 433. The molecule has 106 valence electrons. The van der Waals surface area contributed by atoms with E-state index in [0.717, 1.165) is 31.6 Å². The van der Waals surface area contributed by atoms with Gasteiger partial charge in [0, 0.05) is 15.7 Å². The van der Waals surface area contributed by atoms with E-state index >= 15 is 0 Å². The van der Waals surface area contributed by atoms with Gasteiger partial charge >= 0.3 is 0 Å². The summed E-state index contributed by atoms with van der Waals surface area (Å²) < 4.78 is 1.19. The molecule has 2 N–H and O–H groups in total. The van der Waals surface area contributed by atoms with E-state index in [-0.39, 0.29) is 18.3 Å². The summed E-state index contributed by atoms with van der Waals surface area (Å²) in [6.45, 7) is 4.16. The molecule has 1 amide bonds. The van der Waals surface area contributed by atoms with Crippen molar-refractivity contribution in [1.29, 1.82) is 0 Å². The van der Waals surface area contributed by atoms with Gasteiger partial charge in [0.25, 0.3) is 0 Å². The molecule has 1 aliphatic heterocycles. The number of benzene rings is 1. The maximum atomic E-state index is 11.9. The molecule has 0 radical (unpaired) electrons. The van der Waals surface area contributed by atoms with Crippen molar-refractivity contribution < 1.29 is 4.79 Å². The normalized spacial score (nSPS) is 15.7. The summed E-state index contributed by atoms with van der Waals surface area (Å²) in [5.41, 5.74) is 2.15. The molecule has 5 heteroatoms. The van der Waals surface area contributed by atoms with E-state index in [0.29, 0.717) is 12.3 Å². The standard InChI is InChI=1S/C14H19IN2O.ClH/c1-10-2-3-12(9-13(10)15)17-14(18)8-11-4-6-16-7-5-11;/h2-3,9,11,16H,4-8H2,1H3,(H,17,18);1H. The van der Waals surface area contributed by atoms with Gasteiger partial charge in [-0.3, -0.25) is 4.79 Å². The van der Waals surface area contributed by atoms with E-state index < -0.39 is 0 Å². The van der Waals surface area contributed by atoms with Crippen LogP contribution in [0.3, 0.4) is 0 Å². The molecule has 1 heterocycles. The van der Waals surface area contributed by atoms with Gasteiger partial charge in [0.2, 0.25) is 5.91 Å². The number of hydrogen-bond acceptors (Lipinski definition) is 2. The Morgan fingerprint density at radius 2 is 2.11 bits per heavy atom. The van der Waals surface area contributed by atoms with E-state index in [2.05, 4.69) is 40.1 Å². The number of halogens is 2. The van der Waals surface area contributed by atoms with Gasteiger partial charge in [-0.05, 0) is 79.1 Å². The number of piperidine rings is 1. The number of anilines is 1. The highest BCUT2D eigenvalue weighted by atomic mass is 127. The van der Waals surface area contributed by atoms with Gasteiger partial charge in [0.1, 0.15) is 0 Å². The number of carbonyl (C=O) groups is 1. The third-order valence-electron chi connectivity index (χ3n) is 3.39. The molecule has 1 aromatic carbocycles. The van der Waals surface area contributed by atoms with Crippen molar-refractivity contribution in [3.63, 3.8) is 0 Å². The zero-order valence-electron chi connectivity index (χ0n) is 11.0. The molecular formula is C14H20ClIN2O. The molecule has 0 atom stereocenters. The van der Waals surface area contributed by atoms with Crippen LogP contribution in [0, 0.1) is 16.4 Å². The van der Waals surface area contributed by atoms with Crippen molar-refractivity contribution in [3.05, 3.63) is 27.3 Å². The highest BCUT2D eigenvalue weighted by Gasteiger charge is 2.16. The maximum Gasteiger partial charge on any atom is 0.224 e. The molecule has 0 aromatic heterocycles. The lowest BCUT2D eigenvalue weighted by atomic mass is 9.94. The van der Waals surface area contributed by atoms with Crippen molar-refractivity contribution in [3.8, 4) is 0 Å². The smallest absolute Gasteiger partial charge is 0.224 e. The number of nitrogens with one attached hydrogen (secondary N) is 2. The van der Waals surface area contributed by atoms with Crippen LogP contribution in [0.1, 0.15) is 24.8 Å². The molecule has 19 heavy (non-hydrogen) atoms. The first-order valence-electron chi connectivity index (χ1n) is 6.42. The third kappa shape index (κ3) is 5.28. The van der Waals surface area contributed by atoms with Gasteiger partial charge < -0.3 is 10.6 Å². The third-order valence-corrected chi connectivity index (χ3v) is 4.55.